The standard InChI is InChI=1S/C10H14NO2P/c1-8(9(2)12)11-14-13-10-6-4-3-5-7-10/h3-8,11,14H,1-2H3/t8-/m0/s1. The van der Waals surface area contributed by atoms with E-state index in [9.17, 15) is 4.79 Å². The van der Waals surface area contributed by atoms with Gasteiger partial charge in [0.1, 0.15) is 20.5 Å². The van der Waals surface area contributed by atoms with Crippen LogP contribution in [-0.2, 0) is 4.79 Å². The maximum absolute atomic E-state index is 10.9. The zero-order chi connectivity index (χ0) is 10.4. The maximum Gasteiger partial charge on any atom is 0.147 e. The average Bonchev–Trinajstić information content (AvgIpc) is 2.19. The Kier molecular flexibility index (Phi) is 4.57. The number of carbonyl (C=O) groups excluding carboxylic acids is 1. The number of Topliss-reactive ketones (excluding diaryl/α,β-unsaturated/α-hetero) is 1. The molecule has 1 aromatic carbocycles. The first-order chi connectivity index (χ1) is 6.70. The van der Waals surface area contributed by atoms with Crippen molar-refractivity contribution in [2.24, 2.45) is 0 Å². The van der Waals surface area contributed by atoms with Crippen LogP contribution in [0.25, 0.3) is 0 Å². The van der Waals surface area contributed by atoms with Gasteiger partial charge in [0.25, 0.3) is 0 Å². The molecule has 0 saturated heterocycles. The number of para-hydroxylation sites is 1. The minimum atomic E-state index is -0.142. The highest BCUT2D eigenvalue weighted by Crippen LogP contribution is 2.17. The van der Waals surface area contributed by atoms with Crippen LogP contribution >= 0.6 is 8.96 Å². The fraction of sp³-hybridized carbons (Fsp3) is 0.300. The summed E-state index contributed by atoms with van der Waals surface area (Å²) in [6.45, 7) is 3.38. The molecule has 0 aromatic heterocycles. The summed E-state index contributed by atoms with van der Waals surface area (Å²) in [7, 11) is 0.112. The molecule has 0 aliphatic rings. The van der Waals surface area contributed by atoms with Crippen molar-refractivity contribution in [3.8, 4) is 5.75 Å². The van der Waals surface area contributed by atoms with Crippen molar-refractivity contribution >= 4 is 14.7 Å². The van der Waals surface area contributed by atoms with Crippen LogP contribution in [0.2, 0.25) is 0 Å². The number of nitrogens with one attached hydrogen (secondary N) is 1. The summed E-state index contributed by atoms with van der Waals surface area (Å²) in [5, 5.41) is 2.99. The second-order valence-electron chi connectivity index (χ2n) is 2.99. The highest BCUT2D eigenvalue weighted by Gasteiger charge is 2.05. The van der Waals surface area contributed by atoms with Crippen molar-refractivity contribution in [1.29, 1.82) is 0 Å². The second-order valence-corrected chi connectivity index (χ2v) is 3.69. The minimum absolute atomic E-state index is 0.112. The molecule has 1 unspecified atom stereocenters. The molecule has 3 nitrogen and oxygen atoms in total. The predicted octanol–water partition coefficient (Wildman–Crippen LogP) is 2.14. The van der Waals surface area contributed by atoms with Crippen LogP contribution in [0.15, 0.2) is 30.3 Å². The topological polar surface area (TPSA) is 38.3 Å². The van der Waals surface area contributed by atoms with Crippen molar-refractivity contribution in [1.82, 2.24) is 5.09 Å². The lowest BCUT2D eigenvalue weighted by molar-refractivity contribution is -0.118. The van der Waals surface area contributed by atoms with Gasteiger partial charge in [0, 0.05) is 0 Å². The third kappa shape index (κ3) is 3.86. The van der Waals surface area contributed by atoms with Crippen LogP contribution < -0.4 is 9.61 Å². The molecule has 4 heteroatoms. The van der Waals surface area contributed by atoms with Crippen molar-refractivity contribution in [3.05, 3.63) is 30.3 Å². The molecule has 0 bridgehead atoms. The molecule has 0 fully saturated rings. The van der Waals surface area contributed by atoms with Crippen LogP contribution in [0.4, 0.5) is 0 Å². The summed E-state index contributed by atoms with van der Waals surface area (Å²) in [5.74, 6) is 0.934. The van der Waals surface area contributed by atoms with Gasteiger partial charge in [-0.2, -0.15) is 0 Å². The molecule has 0 amide bonds. The zero-order valence-electron chi connectivity index (χ0n) is 8.28. The monoisotopic (exact) mass is 211 g/mol. The lowest BCUT2D eigenvalue weighted by Gasteiger charge is -2.10. The van der Waals surface area contributed by atoms with Crippen LogP contribution in [0.5, 0.6) is 5.75 Å². The minimum Gasteiger partial charge on any atom is -0.461 e. The van der Waals surface area contributed by atoms with Gasteiger partial charge in [0.2, 0.25) is 0 Å². The molecule has 0 aliphatic carbocycles. The van der Waals surface area contributed by atoms with Gasteiger partial charge in [-0.15, -0.1) is 0 Å². The Hall–Kier alpha value is -0.920. The summed E-state index contributed by atoms with van der Waals surface area (Å²) in [6, 6.07) is 9.38. The zero-order valence-corrected chi connectivity index (χ0v) is 9.28. The first-order valence-electron chi connectivity index (χ1n) is 4.43. The van der Waals surface area contributed by atoms with Gasteiger partial charge in [-0.1, -0.05) is 18.2 Å². The van der Waals surface area contributed by atoms with Gasteiger partial charge < -0.3 is 4.52 Å². The fourth-order valence-corrected chi connectivity index (χ4v) is 1.46. The Balaban J connectivity index is 2.26. The van der Waals surface area contributed by atoms with E-state index in [1.165, 1.54) is 0 Å². The summed E-state index contributed by atoms with van der Waals surface area (Å²) in [5.41, 5.74) is 0. The van der Waals surface area contributed by atoms with Gasteiger partial charge in [0.05, 0.1) is 6.04 Å². The molecule has 14 heavy (non-hydrogen) atoms. The Morgan fingerprint density at radius 1 is 1.43 bits per heavy atom. The Morgan fingerprint density at radius 3 is 2.64 bits per heavy atom. The number of benzene rings is 1. The first kappa shape index (κ1) is 11.2. The van der Waals surface area contributed by atoms with Gasteiger partial charge in [-0.25, -0.2) is 0 Å². The van der Waals surface area contributed by atoms with E-state index in [4.69, 9.17) is 4.52 Å². The largest absolute Gasteiger partial charge is 0.461 e. The molecule has 0 aliphatic heterocycles. The van der Waals surface area contributed by atoms with Crippen molar-refractivity contribution in [2.45, 2.75) is 19.9 Å². The van der Waals surface area contributed by atoms with Crippen LogP contribution in [0.3, 0.4) is 0 Å². The van der Waals surface area contributed by atoms with Gasteiger partial charge in [-0.3, -0.25) is 9.88 Å². The molecule has 0 saturated carbocycles. The van der Waals surface area contributed by atoms with Gasteiger partial charge >= 0.3 is 0 Å². The summed E-state index contributed by atoms with van der Waals surface area (Å²) in [6.07, 6.45) is 0. The van der Waals surface area contributed by atoms with E-state index < -0.39 is 0 Å². The van der Waals surface area contributed by atoms with Gasteiger partial charge in [0.15, 0.2) is 0 Å². The predicted molar refractivity (Wildman–Crippen MR) is 58.7 cm³/mol. The molecule has 1 aromatic rings. The number of hydrogen-bond donors (Lipinski definition) is 1. The Bertz CT molecular complexity index is 289. The number of carbonyl (C=O) groups is 1. The maximum atomic E-state index is 10.9. The number of rotatable bonds is 5. The third-order valence-electron chi connectivity index (χ3n) is 1.80. The molecule has 2 atom stereocenters. The summed E-state index contributed by atoms with van der Waals surface area (Å²) < 4.78 is 5.39. The molecule has 0 radical (unpaired) electrons. The van der Waals surface area contributed by atoms with Crippen LogP contribution in [0, 0.1) is 0 Å². The molecule has 1 rings (SSSR count). The lowest BCUT2D eigenvalue weighted by Crippen LogP contribution is -2.26. The molecule has 1 N–H and O–H groups in total. The molecule has 76 valence electrons. The third-order valence-corrected chi connectivity index (χ3v) is 2.69. The lowest BCUT2D eigenvalue weighted by atomic mass is 10.3. The van der Waals surface area contributed by atoms with E-state index in [0.717, 1.165) is 5.75 Å². The molecule has 0 spiro atoms. The molecular formula is C10H14NO2P. The van der Waals surface area contributed by atoms with E-state index in [0.29, 0.717) is 0 Å². The van der Waals surface area contributed by atoms with Crippen molar-refractivity contribution in [3.63, 3.8) is 0 Å². The number of hydrogen-bond acceptors (Lipinski definition) is 3. The first-order valence-corrected chi connectivity index (χ1v) is 5.34. The highest BCUT2D eigenvalue weighted by molar-refractivity contribution is 7.30. The quantitative estimate of drug-likeness (QED) is 0.758. The van der Waals surface area contributed by atoms with Crippen LogP contribution in [0.1, 0.15) is 13.8 Å². The average molecular weight is 211 g/mol. The highest BCUT2D eigenvalue weighted by atomic mass is 31.1. The summed E-state index contributed by atoms with van der Waals surface area (Å²) in [4.78, 5) is 10.9. The summed E-state index contributed by atoms with van der Waals surface area (Å²) >= 11 is 0. The Labute approximate surface area is 85.8 Å². The normalized spacial score (nSPS) is 13.0. The number of ketones is 1. The van der Waals surface area contributed by atoms with E-state index in [2.05, 4.69) is 5.09 Å². The van der Waals surface area contributed by atoms with E-state index in [1.54, 1.807) is 6.92 Å². The smallest absolute Gasteiger partial charge is 0.147 e. The van der Waals surface area contributed by atoms with E-state index in [-0.39, 0.29) is 20.8 Å². The van der Waals surface area contributed by atoms with Crippen LogP contribution in [-0.4, -0.2) is 11.8 Å². The second kappa shape index (κ2) is 5.74. The van der Waals surface area contributed by atoms with E-state index in [1.807, 2.05) is 37.3 Å². The van der Waals surface area contributed by atoms with Gasteiger partial charge in [-0.05, 0) is 26.0 Å². The molecular weight excluding hydrogens is 197 g/mol. The van der Waals surface area contributed by atoms with E-state index >= 15 is 0 Å². The van der Waals surface area contributed by atoms with Crippen molar-refractivity contribution in [2.75, 3.05) is 0 Å². The Morgan fingerprint density at radius 2 is 2.07 bits per heavy atom. The fourth-order valence-electron chi connectivity index (χ4n) is 0.767. The molecule has 0 heterocycles. The SMILES string of the molecule is CC(=O)[C@H](C)NPOc1ccccc1. The van der Waals surface area contributed by atoms with Crippen molar-refractivity contribution < 1.29 is 9.32 Å².